The van der Waals surface area contributed by atoms with Crippen LogP contribution in [0.1, 0.15) is 22.0 Å². The molecule has 28 heavy (non-hydrogen) atoms. The van der Waals surface area contributed by atoms with Crippen molar-refractivity contribution < 1.29 is 13.9 Å². The van der Waals surface area contributed by atoms with Gasteiger partial charge in [0, 0.05) is 25.0 Å². The zero-order chi connectivity index (χ0) is 18.6. The normalized spacial score (nSPS) is 16.2. The molecule has 6 nitrogen and oxygen atoms in total. The lowest BCUT2D eigenvalue weighted by atomic mass is 10.1. The van der Waals surface area contributed by atoms with Crippen LogP contribution in [0.25, 0.3) is 5.69 Å². The summed E-state index contributed by atoms with van der Waals surface area (Å²) in [5.41, 5.74) is 2.87. The van der Waals surface area contributed by atoms with Gasteiger partial charge in [-0.25, -0.2) is 9.07 Å². The molecule has 4 rings (SSSR count). The summed E-state index contributed by atoms with van der Waals surface area (Å²) < 4.78 is 20.3. The maximum Gasteiger partial charge on any atom is 0.258 e. The number of morpholine rings is 1. The van der Waals surface area contributed by atoms with E-state index in [1.807, 2.05) is 24.3 Å². The Labute approximate surface area is 168 Å². The Balaban J connectivity index is 0.00000225. The smallest absolute Gasteiger partial charge is 0.258 e. The highest BCUT2D eigenvalue weighted by molar-refractivity contribution is 6.04. The van der Waals surface area contributed by atoms with Gasteiger partial charge in [0.05, 0.1) is 30.2 Å². The zero-order valence-corrected chi connectivity index (χ0v) is 15.8. The number of ether oxygens (including phenoxy) is 1. The third-order valence-corrected chi connectivity index (χ3v) is 4.40. The summed E-state index contributed by atoms with van der Waals surface area (Å²) in [6, 6.07) is 13.5. The monoisotopic (exact) mass is 402 g/mol. The minimum Gasteiger partial charge on any atom is -0.371 e. The van der Waals surface area contributed by atoms with Crippen molar-refractivity contribution in [2.45, 2.75) is 6.10 Å². The summed E-state index contributed by atoms with van der Waals surface area (Å²) in [6.07, 6.45) is 3.13. The second-order valence-electron chi connectivity index (χ2n) is 6.29. The summed E-state index contributed by atoms with van der Waals surface area (Å²) in [4.78, 5) is 12.4. The van der Waals surface area contributed by atoms with E-state index in [0.717, 1.165) is 18.7 Å². The predicted molar refractivity (Wildman–Crippen MR) is 107 cm³/mol. The van der Waals surface area contributed by atoms with E-state index in [4.69, 9.17) is 4.74 Å². The van der Waals surface area contributed by atoms with Crippen LogP contribution >= 0.6 is 12.4 Å². The van der Waals surface area contributed by atoms with Crippen LogP contribution in [0.3, 0.4) is 0 Å². The van der Waals surface area contributed by atoms with E-state index >= 15 is 0 Å². The van der Waals surface area contributed by atoms with Gasteiger partial charge in [0.25, 0.3) is 5.91 Å². The lowest BCUT2D eigenvalue weighted by molar-refractivity contribution is 0.0277. The summed E-state index contributed by atoms with van der Waals surface area (Å²) in [5, 5.41) is 10.3. The van der Waals surface area contributed by atoms with Crippen LogP contribution < -0.4 is 10.6 Å². The Kier molecular flexibility index (Phi) is 6.41. The molecular formula is C20H20ClFN4O2. The molecule has 1 aliphatic heterocycles. The molecule has 1 amide bonds. The van der Waals surface area contributed by atoms with Crippen molar-refractivity contribution in [3.63, 3.8) is 0 Å². The predicted octanol–water partition coefficient (Wildman–Crippen LogP) is 3.35. The van der Waals surface area contributed by atoms with Gasteiger partial charge in [-0.3, -0.25) is 4.79 Å². The first-order valence-electron chi connectivity index (χ1n) is 8.73. The van der Waals surface area contributed by atoms with Gasteiger partial charge in [-0.15, -0.1) is 12.4 Å². The average molecular weight is 403 g/mol. The first-order valence-corrected chi connectivity index (χ1v) is 8.73. The molecule has 0 saturated carbocycles. The molecule has 2 heterocycles. The fraction of sp³-hybridized carbons (Fsp3) is 0.200. The van der Waals surface area contributed by atoms with Gasteiger partial charge >= 0.3 is 0 Å². The van der Waals surface area contributed by atoms with E-state index in [2.05, 4.69) is 15.7 Å². The van der Waals surface area contributed by atoms with Gasteiger partial charge in [-0.2, -0.15) is 5.10 Å². The number of nitrogens with one attached hydrogen (secondary N) is 2. The highest BCUT2D eigenvalue weighted by atomic mass is 35.5. The second-order valence-corrected chi connectivity index (χ2v) is 6.29. The molecule has 0 bridgehead atoms. The van der Waals surface area contributed by atoms with Crippen LogP contribution in [0.2, 0.25) is 0 Å². The van der Waals surface area contributed by atoms with Crippen molar-refractivity contribution in [2.24, 2.45) is 0 Å². The first kappa shape index (κ1) is 20.0. The number of hydrogen-bond donors (Lipinski definition) is 2. The van der Waals surface area contributed by atoms with Crippen molar-refractivity contribution in [3.8, 4) is 5.69 Å². The van der Waals surface area contributed by atoms with E-state index in [1.165, 1.54) is 23.0 Å². The van der Waals surface area contributed by atoms with Crippen molar-refractivity contribution in [1.82, 2.24) is 15.1 Å². The van der Waals surface area contributed by atoms with Crippen LogP contribution in [0.5, 0.6) is 0 Å². The molecule has 1 aliphatic rings. The van der Waals surface area contributed by atoms with Crippen molar-refractivity contribution in [1.29, 1.82) is 0 Å². The molecular weight excluding hydrogens is 383 g/mol. The van der Waals surface area contributed by atoms with Gasteiger partial charge in [0.1, 0.15) is 5.82 Å². The second kappa shape index (κ2) is 8.97. The van der Waals surface area contributed by atoms with Crippen molar-refractivity contribution in [2.75, 3.05) is 25.0 Å². The minimum atomic E-state index is -0.318. The van der Waals surface area contributed by atoms with Crippen LogP contribution in [-0.2, 0) is 4.74 Å². The minimum absolute atomic E-state index is 0. The molecule has 8 heteroatoms. The molecule has 1 saturated heterocycles. The number of carbonyl (C=O) groups excluding carboxylic acids is 1. The third kappa shape index (κ3) is 4.56. The summed E-state index contributed by atoms with van der Waals surface area (Å²) in [7, 11) is 0. The van der Waals surface area contributed by atoms with Crippen LogP contribution in [0, 0.1) is 5.82 Å². The van der Waals surface area contributed by atoms with E-state index in [-0.39, 0.29) is 30.2 Å². The fourth-order valence-electron chi connectivity index (χ4n) is 2.94. The lowest BCUT2D eigenvalue weighted by Crippen LogP contribution is -2.33. The molecule has 146 valence electrons. The van der Waals surface area contributed by atoms with Gasteiger partial charge < -0.3 is 15.4 Å². The van der Waals surface area contributed by atoms with E-state index in [1.54, 1.807) is 18.3 Å². The van der Waals surface area contributed by atoms with Crippen molar-refractivity contribution in [3.05, 3.63) is 77.9 Å². The molecule has 3 aromatic rings. The Morgan fingerprint density at radius 1 is 1.18 bits per heavy atom. The van der Waals surface area contributed by atoms with Crippen LogP contribution in [0.4, 0.5) is 10.1 Å². The number of carbonyl (C=O) groups is 1. The summed E-state index contributed by atoms with van der Waals surface area (Å²) in [5.74, 6) is -0.576. The molecule has 0 aliphatic carbocycles. The summed E-state index contributed by atoms with van der Waals surface area (Å²) in [6.45, 7) is 2.35. The van der Waals surface area contributed by atoms with Gasteiger partial charge in [0.2, 0.25) is 0 Å². The largest absolute Gasteiger partial charge is 0.371 e. The first-order chi connectivity index (χ1) is 13.2. The molecule has 1 fully saturated rings. The Morgan fingerprint density at radius 3 is 2.61 bits per heavy atom. The van der Waals surface area contributed by atoms with Crippen LogP contribution in [0.15, 0.2) is 60.9 Å². The van der Waals surface area contributed by atoms with Crippen molar-refractivity contribution >= 4 is 24.0 Å². The van der Waals surface area contributed by atoms with E-state index in [9.17, 15) is 9.18 Å². The SMILES string of the molecule is Cl.O=C(Nc1ccc([C@@H]2CNCCO2)cc1)c1cnn(-c2ccc(F)cc2)c1. The number of rotatable bonds is 4. The van der Waals surface area contributed by atoms with E-state index in [0.29, 0.717) is 23.5 Å². The zero-order valence-electron chi connectivity index (χ0n) is 15.0. The number of halogens is 2. The standard InChI is InChI=1S/C20H19FN4O2.ClH/c21-16-3-7-18(8-4-16)25-13-15(11-23-25)20(26)24-17-5-1-14(2-6-17)19-12-22-9-10-27-19;/h1-8,11,13,19,22H,9-10,12H2,(H,24,26);1H/t19-;/m0./s1. The molecule has 1 atom stereocenters. The quantitative estimate of drug-likeness (QED) is 0.702. The Hall–Kier alpha value is -2.74. The topological polar surface area (TPSA) is 68.2 Å². The average Bonchev–Trinajstić information content (AvgIpc) is 3.20. The van der Waals surface area contributed by atoms with Crippen LogP contribution in [-0.4, -0.2) is 35.4 Å². The maximum atomic E-state index is 13.0. The van der Waals surface area contributed by atoms with Gasteiger partial charge in [0.15, 0.2) is 0 Å². The molecule has 1 aromatic heterocycles. The van der Waals surface area contributed by atoms with E-state index < -0.39 is 0 Å². The molecule has 0 unspecified atom stereocenters. The number of hydrogen-bond acceptors (Lipinski definition) is 4. The Morgan fingerprint density at radius 2 is 1.93 bits per heavy atom. The molecule has 0 spiro atoms. The number of anilines is 1. The number of nitrogens with zero attached hydrogens (tertiary/aromatic N) is 2. The van der Waals surface area contributed by atoms with Gasteiger partial charge in [-0.05, 0) is 42.0 Å². The number of aromatic nitrogens is 2. The molecule has 2 N–H and O–H groups in total. The number of amides is 1. The summed E-state index contributed by atoms with van der Waals surface area (Å²) >= 11 is 0. The maximum absolute atomic E-state index is 13.0. The highest BCUT2D eigenvalue weighted by Crippen LogP contribution is 2.21. The molecule has 0 radical (unpaired) electrons. The van der Waals surface area contributed by atoms with Gasteiger partial charge in [-0.1, -0.05) is 12.1 Å². The molecule has 2 aromatic carbocycles. The number of benzene rings is 2. The lowest BCUT2D eigenvalue weighted by Gasteiger charge is -2.24. The third-order valence-electron chi connectivity index (χ3n) is 4.40. The fourth-order valence-corrected chi connectivity index (χ4v) is 2.94. The highest BCUT2D eigenvalue weighted by Gasteiger charge is 2.16. The Bertz CT molecular complexity index is 922.